The smallest absolute Gasteiger partial charge is 0.295 e. The van der Waals surface area contributed by atoms with Crippen LogP contribution in [-0.4, -0.2) is 61.3 Å². The predicted octanol–water partition coefficient (Wildman–Crippen LogP) is 3.88. The van der Waals surface area contributed by atoms with Gasteiger partial charge < -0.3 is 29.0 Å². The molecular formula is C27H31NO7. The molecular weight excluding hydrogens is 450 g/mol. The van der Waals surface area contributed by atoms with E-state index in [1.807, 2.05) is 26.8 Å². The van der Waals surface area contributed by atoms with E-state index in [2.05, 4.69) is 0 Å². The van der Waals surface area contributed by atoms with Crippen molar-refractivity contribution in [3.05, 3.63) is 58.7 Å². The minimum atomic E-state index is -0.804. The summed E-state index contributed by atoms with van der Waals surface area (Å²) in [5, 5.41) is 11.3. The van der Waals surface area contributed by atoms with Crippen LogP contribution in [0.15, 0.2) is 42.0 Å². The van der Waals surface area contributed by atoms with Crippen LogP contribution in [0.3, 0.4) is 0 Å². The molecule has 1 N–H and O–H groups in total. The van der Waals surface area contributed by atoms with Crippen molar-refractivity contribution in [1.29, 1.82) is 0 Å². The summed E-state index contributed by atoms with van der Waals surface area (Å²) in [4.78, 5) is 27.7. The number of carbonyl (C=O) groups is 2. The first kappa shape index (κ1) is 24.6. The molecule has 1 fully saturated rings. The van der Waals surface area contributed by atoms with E-state index >= 15 is 0 Å². The van der Waals surface area contributed by atoms with Gasteiger partial charge in [0.05, 0.1) is 37.5 Å². The van der Waals surface area contributed by atoms with Crippen LogP contribution in [0.4, 0.5) is 0 Å². The third kappa shape index (κ3) is 4.84. The van der Waals surface area contributed by atoms with E-state index in [4.69, 9.17) is 18.9 Å². The van der Waals surface area contributed by atoms with Crippen molar-refractivity contribution in [3.63, 3.8) is 0 Å². The molecule has 8 heteroatoms. The first-order valence-corrected chi connectivity index (χ1v) is 11.8. The van der Waals surface area contributed by atoms with E-state index in [1.165, 1.54) is 12.0 Å². The number of aliphatic hydroxyl groups excluding tert-OH is 1. The summed E-state index contributed by atoms with van der Waals surface area (Å²) in [6.07, 6.45) is 0.660. The third-order valence-electron chi connectivity index (χ3n) is 5.99. The van der Waals surface area contributed by atoms with Crippen LogP contribution in [0.2, 0.25) is 0 Å². The van der Waals surface area contributed by atoms with E-state index in [-0.39, 0.29) is 30.6 Å². The third-order valence-corrected chi connectivity index (χ3v) is 5.99. The van der Waals surface area contributed by atoms with E-state index in [0.717, 1.165) is 17.7 Å². The SMILES string of the molecule is CCOc1cc(C2/C(=C(\O)c3ccc4c(c3)CCO4)C(=O)C(=O)N2CCOC)ccc1OC(C)C. The molecule has 2 aromatic carbocycles. The normalized spacial score (nSPS) is 18.7. The Morgan fingerprint density at radius 1 is 1.17 bits per heavy atom. The van der Waals surface area contributed by atoms with Gasteiger partial charge in [-0.15, -0.1) is 0 Å². The van der Waals surface area contributed by atoms with Gasteiger partial charge in [-0.2, -0.15) is 0 Å². The van der Waals surface area contributed by atoms with E-state index < -0.39 is 17.7 Å². The molecule has 0 spiro atoms. The molecule has 1 amide bonds. The number of benzene rings is 2. The first-order valence-electron chi connectivity index (χ1n) is 11.8. The molecule has 0 radical (unpaired) electrons. The van der Waals surface area contributed by atoms with Crippen molar-refractivity contribution in [3.8, 4) is 17.2 Å². The Bertz CT molecular complexity index is 1150. The van der Waals surface area contributed by atoms with Crippen molar-refractivity contribution < 1.29 is 33.6 Å². The molecule has 4 rings (SSSR count). The lowest BCUT2D eigenvalue weighted by molar-refractivity contribution is -0.140. The molecule has 0 bridgehead atoms. The van der Waals surface area contributed by atoms with Crippen LogP contribution in [0.25, 0.3) is 5.76 Å². The fourth-order valence-corrected chi connectivity index (χ4v) is 4.45. The molecule has 186 valence electrons. The van der Waals surface area contributed by atoms with Crippen LogP contribution in [-0.2, 0) is 20.7 Å². The number of hydrogen-bond acceptors (Lipinski definition) is 7. The first-order chi connectivity index (χ1) is 16.8. The van der Waals surface area contributed by atoms with Crippen molar-refractivity contribution in [2.45, 2.75) is 39.3 Å². The summed E-state index contributed by atoms with van der Waals surface area (Å²) in [6.45, 7) is 7.14. The maximum atomic E-state index is 13.2. The molecule has 1 unspecified atom stereocenters. The van der Waals surface area contributed by atoms with Gasteiger partial charge in [-0.1, -0.05) is 6.07 Å². The number of hydrogen-bond donors (Lipinski definition) is 1. The Morgan fingerprint density at radius 3 is 2.69 bits per heavy atom. The van der Waals surface area contributed by atoms with Crippen LogP contribution >= 0.6 is 0 Å². The van der Waals surface area contributed by atoms with Crippen LogP contribution < -0.4 is 14.2 Å². The van der Waals surface area contributed by atoms with Crippen molar-refractivity contribution >= 4 is 17.4 Å². The van der Waals surface area contributed by atoms with Gasteiger partial charge >= 0.3 is 0 Å². The van der Waals surface area contributed by atoms with E-state index in [1.54, 1.807) is 30.3 Å². The zero-order chi connectivity index (χ0) is 25.1. The number of ether oxygens (including phenoxy) is 4. The second-order valence-electron chi connectivity index (χ2n) is 8.71. The highest BCUT2D eigenvalue weighted by atomic mass is 16.5. The average molecular weight is 482 g/mol. The molecule has 0 aromatic heterocycles. The summed E-state index contributed by atoms with van der Waals surface area (Å²) in [5.74, 6) is 0.201. The largest absolute Gasteiger partial charge is 0.507 e. The van der Waals surface area contributed by atoms with Gasteiger partial charge in [-0.3, -0.25) is 9.59 Å². The number of Topliss-reactive ketones (excluding diaryl/α,β-unsaturated/α-hetero) is 1. The molecule has 2 aromatic rings. The molecule has 0 aliphatic carbocycles. The fraction of sp³-hybridized carbons (Fsp3) is 0.407. The number of aliphatic hydroxyl groups is 1. The number of rotatable bonds is 9. The summed E-state index contributed by atoms with van der Waals surface area (Å²) in [6, 6.07) is 9.80. The molecule has 1 atom stereocenters. The van der Waals surface area contributed by atoms with Gasteiger partial charge in [0.15, 0.2) is 11.5 Å². The minimum Gasteiger partial charge on any atom is -0.507 e. The van der Waals surface area contributed by atoms with E-state index in [9.17, 15) is 14.7 Å². The van der Waals surface area contributed by atoms with Gasteiger partial charge in [-0.05, 0) is 62.2 Å². The van der Waals surface area contributed by atoms with Gasteiger partial charge in [0, 0.05) is 25.6 Å². The Hall–Kier alpha value is -3.52. The highest BCUT2D eigenvalue weighted by molar-refractivity contribution is 6.46. The summed E-state index contributed by atoms with van der Waals surface area (Å²) in [7, 11) is 1.53. The molecule has 1 saturated heterocycles. The van der Waals surface area contributed by atoms with Crippen molar-refractivity contribution in [1.82, 2.24) is 4.90 Å². The van der Waals surface area contributed by atoms with Crippen molar-refractivity contribution in [2.24, 2.45) is 0 Å². The highest BCUT2D eigenvalue weighted by Crippen LogP contribution is 2.42. The Kier molecular flexibility index (Phi) is 7.31. The summed E-state index contributed by atoms with van der Waals surface area (Å²) in [5.41, 5.74) is 2.08. The number of ketones is 1. The second kappa shape index (κ2) is 10.4. The highest BCUT2D eigenvalue weighted by Gasteiger charge is 2.46. The number of methoxy groups -OCH3 is 1. The number of likely N-dealkylation sites (tertiary alicyclic amines) is 1. The van der Waals surface area contributed by atoms with Crippen LogP contribution in [0.5, 0.6) is 17.2 Å². The molecule has 8 nitrogen and oxygen atoms in total. The van der Waals surface area contributed by atoms with Crippen LogP contribution in [0, 0.1) is 0 Å². The van der Waals surface area contributed by atoms with Gasteiger partial charge in [-0.25, -0.2) is 0 Å². The molecule has 2 aliphatic heterocycles. The molecule has 0 saturated carbocycles. The molecule has 35 heavy (non-hydrogen) atoms. The zero-order valence-electron chi connectivity index (χ0n) is 20.5. The van der Waals surface area contributed by atoms with Crippen molar-refractivity contribution in [2.75, 3.05) is 33.5 Å². The Labute approximate surface area is 205 Å². The number of amides is 1. The average Bonchev–Trinajstić information content (AvgIpc) is 3.40. The zero-order valence-corrected chi connectivity index (χ0v) is 20.5. The summed E-state index contributed by atoms with van der Waals surface area (Å²) >= 11 is 0. The van der Waals surface area contributed by atoms with E-state index in [0.29, 0.717) is 35.8 Å². The maximum Gasteiger partial charge on any atom is 0.295 e. The summed E-state index contributed by atoms with van der Waals surface area (Å²) < 4.78 is 22.4. The van der Waals surface area contributed by atoms with Gasteiger partial charge in [0.1, 0.15) is 11.5 Å². The number of nitrogens with zero attached hydrogens (tertiary/aromatic N) is 1. The van der Waals surface area contributed by atoms with Crippen LogP contribution in [0.1, 0.15) is 43.5 Å². The quantitative estimate of drug-likeness (QED) is 0.330. The topological polar surface area (TPSA) is 94.5 Å². The Balaban J connectivity index is 1.84. The predicted molar refractivity (Wildman–Crippen MR) is 130 cm³/mol. The second-order valence-corrected chi connectivity index (χ2v) is 8.71. The van der Waals surface area contributed by atoms with Gasteiger partial charge in [0.25, 0.3) is 11.7 Å². The molecule has 2 aliphatic rings. The maximum absolute atomic E-state index is 13.2. The number of fused-ring (bicyclic) bond motifs is 1. The lowest BCUT2D eigenvalue weighted by atomic mass is 9.94. The monoisotopic (exact) mass is 481 g/mol. The lowest BCUT2D eigenvalue weighted by Crippen LogP contribution is -2.32. The minimum absolute atomic E-state index is 0.0324. The fourth-order valence-electron chi connectivity index (χ4n) is 4.45. The Morgan fingerprint density at radius 2 is 1.97 bits per heavy atom. The molecule has 2 heterocycles. The number of carbonyl (C=O) groups excluding carboxylic acids is 2. The van der Waals surface area contributed by atoms with Gasteiger partial charge in [0.2, 0.25) is 0 Å². The lowest BCUT2D eigenvalue weighted by Gasteiger charge is -2.26. The standard InChI is InChI=1S/C27H31NO7/c1-5-33-22-15-18(6-9-21(22)35-16(2)3)24-23(26(30)27(31)28(24)11-13-32-4)25(29)19-7-8-20-17(14-19)10-12-34-20/h6-9,14-16,24,29H,5,10-13H2,1-4H3/b25-23+.